The Bertz CT molecular complexity index is 521. The van der Waals surface area contributed by atoms with Gasteiger partial charge in [-0.3, -0.25) is 24.5 Å². The van der Waals surface area contributed by atoms with Gasteiger partial charge in [0, 0.05) is 25.4 Å². The van der Waals surface area contributed by atoms with Crippen LogP contribution in [-0.2, 0) is 19.2 Å². The van der Waals surface area contributed by atoms with Crippen molar-refractivity contribution in [2.75, 3.05) is 13.1 Å². The fourth-order valence-corrected chi connectivity index (χ4v) is 3.55. The van der Waals surface area contributed by atoms with E-state index in [0.717, 1.165) is 25.7 Å². The third-order valence-corrected chi connectivity index (χ3v) is 5.07. The molecule has 126 valence electrons. The lowest BCUT2D eigenvalue weighted by molar-refractivity contribution is -0.149. The van der Waals surface area contributed by atoms with Crippen molar-refractivity contribution >= 4 is 23.6 Å². The molecule has 4 amide bonds. The third kappa shape index (κ3) is 3.54. The van der Waals surface area contributed by atoms with Crippen molar-refractivity contribution in [2.24, 2.45) is 11.8 Å². The summed E-state index contributed by atoms with van der Waals surface area (Å²) in [6.45, 7) is 0.878. The Balaban J connectivity index is 1.43. The number of rotatable bonds is 3. The molecule has 0 radical (unpaired) electrons. The lowest BCUT2D eigenvalue weighted by Crippen LogP contribution is -2.60. The average Bonchev–Trinajstić information content (AvgIpc) is 2.49. The smallest absolute Gasteiger partial charge is 0.249 e. The van der Waals surface area contributed by atoms with Gasteiger partial charge in [0.15, 0.2) is 0 Å². The average molecular weight is 321 g/mol. The van der Waals surface area contributed by atoms with E-state index in [4.69, 9.17) is 0 Å². The first-order valence-electron chi connectivity index (χ1n) is 8.47. The Labute approximate surface area is 135 Å². The molecule has 23 heavy (non-hydrogen) atoms. The van der Waals surface area contributed by atoms with Crippen molar-refractivity contribution in [3.05, 3.63) is 0 Å². The molecule has 3 fully saturated rings. The van der Waals surface area contributed by atoms with Crippen LogP contribution in [0.4, 0.5) is 0 Å². The molecule has 1 saturated carbocycles. The highest BCUT2D eigenvalue weighted by atomic mass is 16.2. The van der Waals surface area contributed by atoms with E-state index in [0.29, 0.717) is 19.5 Å². The molecule has 0 aromatic rings. The summed E-state index contributed by atoms with van der Waals surface area (Å²) in [7, 11) is 0. The van der Waals surface area contributed by atoms with Crippen LogP contribution in [0.1, 0.15) is 44.9 Å². The number of likely N-dealkylation sites (tertiary alicyclic amines) is 1. The van der Waals surface area contributed by atoms with Crippen molar-refractivity contribution < 1.29 is 19.2 Å². The molecule has 3 aliphatic rings. The van der Waals surface area contributed by atoms with Crippen LogP contribution >= 0.6 is 0 Å². The molecule has 3 rings (SSSR count). The Morgan fingerprint density at radius 1 is 1.00 bits per heavy atom. The molecule has 2 saturated heterocycles. The van der Waals surface area contributed by atoms with Gasteiger partial charge < -0.3 is 10.2 Å². The minimum Gasteiger partial charge on any atom is -0.344 e. The Kier molecular flexibility index (Phi) is 4.63. The molecule has 0 aromatic heterocycles. The standard InChI is InChI=1S/C16H23N3O4/c20-13-7-6-12(15(22)18-13)17-14(21)11-8-19(9-11)16(23)10-4-2-1-3-5-10/h10-12H,1-9H2,(H,17,21)(H,18,20,22). The summed E-state index contributed by atoms with van der Waals surface area (Å²) >= 11 is 0. The number of amides is 4. The molecule has 1 aliphatic carbocycles. The first kappa shape index (κ1) is 16.0. The van der Waals surface area contributed by atoms with E-state index in [2.05, 4.69) is 10.6 Å². The first-order chi connectivity index (χ1) is 11.0. The number of imide groups is 1. The number of hydrogen-bond donors (Lipinski definition) is 2. The second-order valence-electron chi connectivity index (χ2n) is 6.79. The summed E-state index contributed by atoms with van der Waals surface area (Å²) < 4.78 is 0. The Morgan fingerprint density at radius 3 is 2.35 bits per heavy atom. The van der Waals surface area contributed by atoms with Crippen LogP contribution in [0.15, 0.2) is 0 Å². The van der Waals surface area contributed by atoms with Crippen LogP contribution in [0.2, 0.25) is 0 Å². The molecule has 1 atom stereocenters. The molecule has 7 nitrogen and oxygen atoms in total. The van der Waals surface area contributed by atoms with Gasteiger partial charge in [-0.25, -0.2) is 0 Å². The summed E-state index contributed by atoms with van der Waals surface area (Å²) in [5.74, 6) is -0.879. The van der Waals surface area contributed by atoms with Crippen molar-refractivity contribution in [3.8, 4) is 0 Å². The molecule has 0 bridgehead atoms. The fraction of sp³-hybridized carbons (Fsp3) is 0.750. The predicted octanol–water partition coefficient (Wildman–Crippen LogP) is -0.0535. The van der Waals surface area contributed by atoms with E-state index >= 15 is 0 Å². The molecule has 0 spiro atoms. The van der Waals surface area contributed by atoms with E-state index in [-0.39, 0.29) is 36.0 Å². The maximum atomic E-state index is 12.3. The molecule has 2 N–H and O–H groups in total. The van der Waals surface area contributed by atoms with E-state index in [1.807, 2.05) is 0 Å². The zero-order valence-electron chi connectivity index (χ0n) is 13.2. The van der Waals surface area contributed by atoms with Crippen LogP contribution in [0.25, 0.3) is 0 Å². The van der Waals surface area contributed by atoms with Crippen LogP contribution in [0, 0.1) is 11.8 Å². The molecule has 2 aliphatic heterocycles. The van der Waals surface area contributed by atoms with Gasteiger partial charge >= 0.3 is 0 Å². The molecule has 7 heteroatoms. The van der Waals surface area contributed by atoms with Crippen LogP contribution in [-0.4, -0.2) is 47.7 Å². The summed E-state index contributed by atoms with van der Waals surface area (Å²) in [6.07, 6.45) is 5.94. The highest BCUT2D eigenvalue weighted by Crippen LogP contribution is 2.28. The number of piperidine rings is 1. The molecular formula is C16H23N3O4. The van der Waals surface area contributed by atoms with Gasteiger partial charge in [0.1, 0.15) is 6.04 Å². The first-order valence-corrected chi connectivity index (χ1v) is 8.47. The lowest BCUT2D eigenvalue weighted by Gasteiger charge is -2.41. The third-order valence-electron chi connectivity index (χ3n) is 5.07. The summed E-state index contributed by atoms with van der Waals surface area (Å²) in [4.78, 5) is 48.9. The fourth-order valence-electron chi connectivity index (χ4n) is 3.55. The summed E-state index contributed by atoms with van der Waals surface area (Å²) in [6, 6.07) is -0.636. The quantitative estimate of drug-likeness (QED) is 0.712. The highest BCUT2D eigenvalue weighted by Gasteiger charge is 2.39. The summed E-state index contributed by atoms with van der Waals surface area (Å²) in [5, 5.41) is 4.91. The number of nitrogens with one attached hydrogen (secondary N) is 2. The van der Waals surface area contributed by atoms with E-state index < -0.39 is 11.9 Å². The monoisotopic (exact) mass is 321 g/mol. The molecule has 1 unspecified atom stereocenters. The zero-order valence-corrected chi connectivity index (χ0v) is 13.2. The van der Waals surface area contributed by atoms with Crippen molar-refractivity contribution in [3.63, 3.8) is 0 Å². The van der Waals surface area contributed by atoms with E-state index in [1.165, 1.54) is 6.42 Å². The SMILES string of the molecule is O=C1CCC(NC(=O)C2CN(C(=O)C3CCCCC3)C2)C(=O)N1. The van der Waals surface area contributed by atoms with E-state index in [9.17, 15) is 19.2 Å². The largest absolute Gasteiger partial charge is 0.344 e. The maximum Gasteiger partial charge on any atom is 0.249 e. The van der Waals surface area contributed by atoms with Crippen LogP contribution < -0.4 is 10.6 Å². The molecular weight excluding hydrogens is 298 g/mol. The van der Waals surface area contributed by atoms with Crippen LogP contribution in [0.5, 0.6) is 0 Å². The predicted molar refractivity (Wildman–Crippen MR) is 81.0 cm³/mol. The van der Waals surface area contributed by atoms with Gasteiger partial charge in [0.25, 0.3) is 0 Å². The van der Waals surface area contributed by atoms with Gasteiger partial charge in [-0.05, 0) is 19.3 Å². The van der Waals surface area contributed by atoms with Gasteiger partial charge in [-0.15, -0.1) is 0 Å². The zero-order chi connectivity index (χ0) is 16.4. The molecule has 2 heterocycles. The van der Waals surface area contributed by atoms with Gasteiger partial charge in [-0.1, -0.05) is 19.3 Å². The van der Waals surface area contributed by atoms with Gasteiger partial charge in [0.05, 0.1) is 5.92 Å². The Hall–Kier alpha value is -1.92. The molecule has 0 aromatic carbocycles. The van der Waals surface area contributed by atoms with Crippen molar-refractivity contribution in [2.45, 2.75) is 51.0 Å². The minimum absolute atomic E-state index is 0.128. The lowest BCUT2D eigenvalue weighted by atomic mass is 9.86. The van der Waals surface area contributed by atoms with Crippen LogP contribution in [0.3, 0.4) is 0 Å². The van der Waals surface area contributed by atoms with Crippen molar-refractivity contribution in [1.82, 2.24) is 15.5 Å². The maximum absolute atomic E-state index is 12.3. The Morgan fingerprint density at radius 2 is 1.70 bits per heavy atom. The second-order valence-corrected chi connectivity index (χ2v) is 6.79. The summed E-state index contributed by atoms with van der Waals surface area (Å²) in [5.41, 5.74) is 0. The van der Waals surface area contributed by atoms with Gasteiger partial charge in [0.2, 0.25) is 23.6 Å². The number of nitrogens with zero attached hydrogens (tertiary/aromatic N) is 1. The topological polar surface area (TPSA) is 95.6 Å². The highest BCUT2D eigenvalue weighted by molar-refractivity contribution is 6.02. The minimum atomic E-state index is -0.636. The number of carbonyl (C=O) groups is 4. The van der Waals surface area contributed by atoms with E-state index in [1.54, 1.807) is 4.90 Å². The van der Waals surface area contributed by atoms with Gasteiger partial charge in [-0.2, -0.15) is 0 Å². The number of carbonyl (C=O) groups excluding carboxylic acids is 4. The normalized spacial score (nSPS) is 26.4. The second kappa shape index (κ2) is 6.68. The number of hydrogen-bond acceptors (Lipinski definition) is 4. The van der Waals surface area contributed by atoms with Crippen molar-refractivity contribution in [1.29, 1.82) is 0 Å².